The molecule has 2 fully saturated rings. The molecule has 3 unspecified atom stereocenters. The number of hydrogen-bond acceptors (Lipinski definition) is 2. The van der Waals surface area contributed by atoms with Crippen molar-refractivity contribution in [3.63, 3.8) is 0 Å². The number of nitrogens with two attached hydrogens (primary N) is 1. The molecule has 1 aliphatic heterocycles. The number of carbonyl (C=O) groups is 1. The largest absolute Gasteiger partial charge is 0.342 e. The van der Waals surface area contributed by atoms with E-state index in [2.05, 4.69) is 13.0 Å². The van der Waals surface area contributed by atoms with Crippen LogP contribution < -0.4 is 5.73 Å². The number of nitrogens with zero attached hydrogens (tertiary/aromatic N) is 1. The van der Waals surface area contributed by atoms with Gasteiger partial charge in [-0.3, -0.25) is 4.79 Å². The van der Waals surface area contributed by atoms with Crippen LogP contribution in [0.25, 0.3) is 0 Å². The number of halogens is 1. The molecule has 1 saturated carbocycles. The molecule has 1 heterocycles. The number of rotatable bonds is 3. The normalized spacial score (nSPS) is 32.5. The van der Waals surface area contributed by atoms with Gasteiger partial charge in [-0.05, 0) is 48.4 Å². The highest BCUT2D eigenvalue weighted by Crippen LogP contribution is 2.49. The minimum absolute atomic E-state index is 0.107. The molecule has 0 aromatic heterocycles. The van der Waals surface area contributed by atoms with Crippen LogP contribution in [-0.4, -0.2) is 30.4 Å². The van der Waals surface area contributed by atoms with Crippen LogP contribution in [0.4, 0.5) is 0 Å². The molecule has 1 amide bonds. The Hall–Kier alpha value is -1.06. The van der Waals surface area contributed by atoms with Gasteiger partial charge in [-0.1, -0.05) is 30.7 Å². The zero-order chi connectivity index (χ0) is 14.3. The second kappa shape index (κ2) is 5.05. The van der Waals surface area contributed by atoms with Crippen molar-refractivity contribution in [1.29, 1.82) is 0 Å². The lowest BCUT2D eigenvalue weighted by atomic mass is 9.90. The van der Waals surface area contributed by atoms with Crippen molar-refractivity contribution in [2.24, 2.45) is 17.1 Å². The SMILES string of the molecule is CC1(CN)CCN(C(=O)C2CC2c2cccc(Cl)c2)C1. The molecule has 0 bridgehead atoms. The van der Waals surface area contributed by atoms with E-state index >= 15 is 0 Å². The number of amides is 1. The molecule has 2 N–H and O–H groups in total. The molecule has 20 heavy (non-hydrogen) atoms. The summed E-state index contributed by atoms with van der Waals surface area (Å²) >= 11 is 6.02. The fraction of sp³-hybridized carbons (Fsp3) is 0.562. The summed E-state index contributed by atoms with van der Waals surface area (Å²) in [5, 5.41) is 0.748. The van der Waals surface area contributed by atoms with Crippen LogP contribution in [0.15, 0.2) is 24.3 Å². The van der Waals surface area contributed by atoms with Gasteiger partial charge in [0, 0.05) is 24.0 Å². The molecule has 1 aromatic carbocycles. The van der Waals surface area contributed by atoms with E-state index in [9.17, 15) is 4.79 Å². The average Bonchev–Trinajstić information content (AvgIpc) is 3.15. The topological polar surface area (TPSA) is 46.3 Å². The van der Waals surface area contributed by atoms with Crippen LogP contribution in [0.3, 0.4) is 0 Å². The predicted molar refractivity (Wildman–Crippen MR) is 80.7 cm³/mol. The zero-order valence-electron chi connectivity index (χ0n) is 11.8. The molecule has 1 saturated heterocycles. The van der Waals surface area contributed by atoms with Crippen LogP contribution in [-0.2, 0) is 4.79 Å². The van der Waals surface area contributed by atoms with E-state index in [1.54, 1.807) is 0 Å². The minimum atomic E-state index is 0.107. The van der Waals surface area contributed by atoms with Gasteiger partial charge in [0.05, 0.1) is 0 Å². The highest BCUT2D eigenvalue weighted by atomic mass is 35.5. The summed E-state index contributed by atoms with van der Waals surface area (Å²) in [6, 6.07) is 7.88. The van der Waals surface area contributed by atoms with E-state index in [4.69, 9.17) is 17.3 Å². The van der Waals surface area contributed by atoms with E-state index in [-0.39, 0.29) is 11.3 Å². The molecule has 3 nitrogen and oxygen atoms in total. The molecule has 1 aliphatic carbocycles. The van der Waals surface area contributed by atoms with Crippen molar-refractivity contribution in [3.05, 3.63) is 34.9 Å². The standard InChI is InChI=1S/C16H21ClN2O/c1-16(9-18)5-6-19(10-16)15(20)14-8-13(14)11-3-2-4-12(17)7-11/h2-4,7,13-14H,5-6,8-10,18H2,1H3. The van der Waals surface area contributed by atoms with Crippen molar-refractivity contribution in [1.82, 2.24) is 4.90 Å². The van der Waals surface area contributed by atoms with Gasteiger partial charge in [-0.15, -0.1) is 0 Å². The second-order valence-electron chi connectivity index (χ2n) is 6.53. The Morgan fingerprint density at radius 3 is 3.00 bits per heavy atom. The third-order valence-electron chi connectivity index (χ3n) is 4.75. The van der Waals surface area contributed by atoms with Gasteiger partial charge in [0.15, 0.2) is 0 Å². The predicted octanol–water partition coefficient (Wildman–Crippen LogP) is 2.64. The number of benzene rings is 1. The van der Waals surface area contributed by atoms with Crippen LogP contribution >= 0.6 is 11.6 Å². The summed E-state index contributed by atoms with van der Waals surface area (Å²) in [5.41, 5.74) is 7.10. The maximum Gasteiger partial charge on any atom is 0.226 e. The van der Waals surface area contributed by atoms with E-state index in [1.807, 2.05) is 23.1 Å². The summed E-state index contributed by atoms with van der Waals surface area (Å²) in [5.74, 6) is 0.798. The molecule has 2 aliphatic rings. The van der Waals surface area contributed by atoms with Crippen molar-refractivity contribution in [2.45, 2.75) is 25.7 Å². The van der Waals surface area contributed by atoms with Gasteiger partial charge in [-0.25, -0.2) is 0 Å². The molecule has 0 spiro atoms. The van der Waals surface area contributed by atoms with Crippen molar-refractivity contribution < 1.29 is 4.79 Å². The maximum atomic E-state index is 12.5. The summed E-state index contributed by atoms with van der Waals surface area (Å²) in [6.07, 6.45) is 1.97. The average molecular weight is 293 g/mol. The summed E-state index contributed by atoms with van der Waals surface area (Å²) in [7, 11) is 0. The van der Waals surface area contributed by atoms with Gasteiger partial charge in [-0.2, -0.15) is 0 Å². The molecule has 1 aromatic rings. The van der Waals surface area contributed by atoms with Crippen LogP contribution in [0.1, 0.15) is 31.2 Å². The van der Waals surface area contributed by atoms with Crippen molar-refractivity contribution >= 4 is 17.5 Å². The highest BCUT2D eigenvalue weighted by Gasteiger charge is 2.48. The second-order valence-corrected chi connectivity index (χ2v) is 6.96. The lowest BCUT2D eigenvalue weighted by molar-refractivity contribution is -0.132. The Balaban J connectivity index is 1.64. The number of likely N-dealkylation sites (tertiary alicyclic amines) is 1. The van der Waals surface area contributed by atoms with E-state index in [0.29, 0.717) is 18.4 Å². The van der Waals surface area contributed by atoms with Gasteiger partial charge in [0.1, 0.15) is 0 Å². The Kier molecular flexibility index (Phi) is 3.51. The molecule has 0 radical (unpaired) electrons. The molecule has 3 atom stereocenters. The van der Waals surface area contributed by atoms with Crippen LogP contribution in [0.2, 0.25) is 5.02 Å². The molecule has 108 valence electrons. The third kappa shape index (κ3) is 2.57. The Morgan fingerprint density at radius 1 is 1.55 bits per heavy atom. The Morgan fingerprint density at radius 2 is 2.35 bits per heavy atom. The van der Waals surface area contributed by atoms with Crippen LogP contribution in [0.5, 0.6) is 0 Å². The zero-order valence-corrected chi connectivity index (χ0v) is 12.6. The molecule has 3 rings (SSSR count). The fourth-order valence-electron chi connectivity index (χ4n) is 3.19. The smallest absolute Gasteiger partial charge is 0.226 e. The Labute approximate surface area is 125 Å². The molecule has 4 heteroatoms. The fourth-order valence-corrected chi connectivity index (χ4v) is 3.39. The lowest BCUT2D eigenvalue weighted by Gasteiger charge is -2.22. The number of hydrogen-bond donors (Lipinski definition) is 1. The quantitative estimate of drug-likeness (QED) is 0.931. The first-order valence-corrected chi connectivity index (χ1v) is 7.64. The molecular weight excluding hydrogens is 272 g/mol. The Bertz CT molecular complexity index is 533. The summed E-state index contributed by atoms with van der Waals surface area (Å²) in [6.45, 7) is 4.48. The minimum Gasteiger partial charge on any atom is -0.342 e. The summed E-state index contributed by atoms with van der Waals surface area (Å²) in [4.78, 5) is 14.5. The van der Waals surface area contributed by atoms with Gasteiger partial charge in [0.25, 0.3) is 0 Å². The van der Waals surface area contributed by atoms with Crippen molar-refractivity contribution in [3.8, 4) is 0 Å². The van der Waals surface area contributed by atoms with Crippen LogP contribution in [0, 0.1) is 11.3 Å². The van der Waals surface area contributed by atoms with E-state index in [1.165, 1.54) is 5.56 Å². The monoisotopic (exact) mass is 292 g/mol. The van der Waals surface area contributed by atoms with E-state index in [0.717, 1.165) is 31.0 Å². The molecular formula is C16H21ClN2O. The highest BCUT2D eigenvalue weighted by molar-refractivity contribution is 6.30. The summed E-state index contributed by atoms with van der Waals surface area (Å²) < 4.78 is 0. The van der Waals surface area contributed by atoms with Gasteiger partial charge in [0.2, 0.25) is 5.91 Å². The first-order chi connectivity index (χ1) is 9.52. The van der Waals surface area contributed by atoms with Gasteiger partial charge < -0.3 is 10.6 Å². The number of carbonyl (C=O) groups excluding carboxylic acids is 1. The first-order valence-electron chi connectivity index (χ1n) is 7.27. The third-order valence-corrected chi connectivity index (χ3v) is 4.98. The van der Waals surface area contributed by atoms with Crippen molar-refractivity contribution in [2.75, 3.05) is 19.6 Å². The van der Waals surface area contributed by atoms with E-state index < -0.39 is 0 Å². The maximum absolute atomic E-state index is 12.5. The van der Waals surface area contributed by atoms with Gasteiger partial charge >= 0.3 is 0 Å². The first kappa shape index (κ1) is 13.9. The lowest BCUT2D eigenvalue weighted by Crippen LogP contribution is -2.35.